The van der Waals surface area contributed by atoms with E-state index < -0.39 is 21.0 Å². The van der Waals surface area contributed by atoms with Crippen molar-refractivity contribution in [3.05, 3.63) is 32.8 Å². The summed E-state index contributed by atoms with van der Waals surface area (Å²) in [6.07, 6.45) is 0.961. The van der Waals surface area contributed by atoms with Crippen LogP contribution in [0.25, 0.3) is 0 Å². The second kappa shape index (κ2) is 6.66. The van der Waals surface area contributed by atoms with Gasteiger partial charge in [-0.2, -0.15) is 4.31 Å². The maximum absolute atomic E-state index is 12.9. The van der Waals surface area contributed by atoms with Crippen molar-refractivity contribution in [1.82, 2.24) is 9.21 Å². The number of amides is 1. The molecule has 1 amide bonds. The van der Waals surface area contributed by atoms with Crippen molar-refractivity contribution in [2.75, 3.05) is 20.6 Å². The zero-order valence-electron chi connectivity index (χ0n) is 13.5. The lowest BCUT2D eigenvalue weighted by molar-refractivity contribution is -0.385. The molecule has 0 aliphatic carbocycles. The molecule has 1 saturated heterocycles. The van der Waals surface area contributed by atoms with Gasteiger partial charge >= 0.3 is 0 Å². The summed E-state index contributed by atoms with van der Waals surface area (Å²) in [4.78, 5) is 23.7. The monoisotopic (exact) mass is 375 g/mol. The predicted molar refractivity (Wildman–Crippen MR) is 88.5 cm³/mol. The van der Waals surface area contributed by atoms with Gasteiger partial charge in [0, 0.05) is 32.3 Å². The number of halogens is 1. The van der Waals surface area contributed by atoms with E-state index >= 15 is 0 Å². The Hall–Kier alpha value is -1.71. The highest BCUT2D eigenvalue weighted by molar-refractivity contribution is 7.89. The SMILES string of the molecule is Cc1c(Cl)cc(S(=O)(=O)N2CCC[C@@H]2C(=O)N(C)C)cc1[N+](=O)[O-]. The van der Waals surface area contributed by atoms with Gasteiger partial charge in [0.25, 0.3) is 5.69 Å². The molecule has 1 aromatic carbocycles. The molecule has 0 radical (unpaired) electrons. The van der Waals surface area contributed by atoms with Crippen LogP contribution in [-0.4, -0.2) is 55.1 Å². The van der Waals surface area contributed by atoms with Crippen molar-refractivity contribution in [3.63, 3.8) is 0 Å². The fraction of sp³-hybridized carbons (Fsp3) is 0.500. The first kappa shape index (κ1) is 18.6. The molecule has 1 atom stereocenters. The van der Waals surface area contributed by atoms with E-state index in [1.54, 1.807) is 14.1 Å². The Labute approximate surface area is 145 Å². The quantitative estimate of drug-likeness (QED) is 0.590. The fourth-order valence-corrected chi connectivity index (χ4v) is 4.66. The zero-order valence-corrected chi connectivity index (χ0v) is 15.1. The minimum absolute atomic E-state index is 0.00235. The molecular formula is C14H18ClN3O5S. The molecule has 24 heavy (non-hydrogen) atoms. The van der Waals surface area contributed by atoms with Crippen LogP contribution in [0.15, 0.2) is 17.0 Å². The molecule has 0 N–H and O–H groups in total. The van der Waals surface area contributed by atoms with E-state index in [9.17, 15) is 23.3 Å². The molecule has 132 valence electrons. The van der Waals surface area contributed by atoms with Crippen LogP contribution in [0.4, 0.5) is 5.69 Å². The first-order valence-electron chi connectivity index (χ1n) is 7.25. The van der Waals surface area contributed by atoms with Gasteiger partial charge in [0.1, 0.15) is 6.04 Å². The lowest BCUT2D eigenvalue weighted by Crippen LogP contribution is -2.45. The van der Waals surface area contributed by atoms with Crippen LogP contribution in [0.2, 0.25) is 5.02 Å². The average Bonchev–Trinajstić information content (AvgIpc) is 2.98. The standard InChI is InChI=1S/C14H18ClN3O5S/c1-9-11(15)7-10(8-13(9)18(20)21)24(22,23)17-6-4-5-12(17)14(19)16(2)3/h7-8,12H,4-6H2,1-3H3/t12-/m1/s1. The molecule has 0 saturated carbocycles. The molecule has 1 heterocycles. The number of benzene rings is 1. The van der Waals surface area contributed by atoms with Gasteiger partial charge in [0.05, 0.1) is 14.8 Å². The molecular weight excluding hydrogens is 358 g/mol. The van der Waals surface area contributed by atoms with E-state index in [-0.39, 0.29) is 33.6 Å². The number of nitrogens with zero attached hydrogens (tertiary/aromatic N) is 3. The summed E-state index contributed by atoms with van der Waals surface area (Å²) in [5, 5.41) is 11.1. The molecule has 1 fully saturated rings. The van der Waals surface area contributed by atoms with E-state index in [4.69, 9.17) is 11.6 Å². The van der Waals surface area contributed by atoms with E-state index in [1.807, 2.05) is 0 Å². The fourth-order valence-electron chi connectivity index (χ4n) is 2.69. The maximum atomic E-state index is 12.9. The van der Waals surface area contributed by atoms with Gasteiger partial charge in [-0.15, -0.1) is 0 Å². The van der Waals surface area contributed by atoms with Gasteiger partial charge in [-0.05, 0) is 25.8 Å². The third-order valence-corrected chi connectivity index (χ3v) is 6.30. The molecule has 0 bridgehead atoms. The number of hydrogen-bond acceptors (Lipinski definition) is 5. The van der Waals surface area contributed by atoms with E-state index in [0.717, 1.165) is 10.4 Å². The number of carbonyl (C=O) groups is 1. The molecule has 0 unspecified atom stereocenters. The van der Waals surface area contributed by atoms with Crippen LogP contribution in [-0.2, 0) is 14.8 Å². The minimum Gasteiger partial charge on any atom is -0.347 e. The maximum Gasteiger partial charge on any atom is 0.275 e. The third kappa shape index (κ3) is 3.24. The molecule has 1 aromatic rings. The summed E-state index contributed by atoms with van der Waals surface area (Å²) >= 11 is 5.96. The normalized spacial score (nSPS) is 18.6. The number of hydrogen-bond donors (Lipinski definition) is 0. The average molecular weight is 376 g/mol. The van der Waals surface area contributed by atoms with Crippen molar-refractivity contribution >= 4 is 33.2 Å². The van der Waals surface area contributed by atoms with Crippen molar-refractivity contribution in [3.8, 4) is 0 Å². The van der Waals surface area contributed by atoms with Crippen molar-refractivity contribution in [2.24, 2.45) is 0 Å². The van der Waals surface area contributed by atoms with Crippen LogP contribution < -0.4 is 0 Å². The Morgan fingerprint density at radius 3 is 2.58 bits per heavy atom. The molecule has 0 aromatic heterocycles. The zero-order chi connectivity index (χ0) is 18.2. The number of likely N-dealkylation sites (N-methyl/N-ethyl adjacent to an activating group) is 1. The number of carbonyl (C=O) groups excluding carboxylic acids is 1. The van der Waals surface area contributed by atoms with Crippen LogP contribution >= 0.6 is 11.6 Å². The molecule has 0 spiro atoms. The smallest absolute Gasteiger partial charge is 0.275 e. The molecule has 1 aliphatic heterocycles. The Kier molecular flexibility index (Phi) is 5.17. The van der Waals surface area contributed by atoms with E-state index in [2.05, 4.69) is 0 Å². The van der Waals surface area contributed by atoms with Gasteiger partial charge < -0.3 is 4.90 Å². The number of nitro benzene ring substituents is 1. The van der Waals surface area contributed by atoms with Gasteiger partial charge in [-0.1, -0.05) is 11.6 Å². The Balaban J connectivity index is 2.51. The van der Waals surface area contributed by atoms with Gasteiger partial charge in [0.2, 0.25) is 15.9 Å². The summed E-state index contributed by atoms with van der Waals surface area (Å²) in [7, 11) is -0.956. The predicted octanol–water partition coefficient (Wildman–Crippen LogP) is 1.80. The molecule has 1 aliphatic rings. The Bertz CT molecular complexity index is 794. The van der Waals surface area contributed by atoms with Crippen LogP contribution in [0.5, 0.6) is 0 Å². The van der Waals surface area contributed by atoms with Gasteiger partial charge in [-0.3, -0.25) is 14.9 Å². The van der Waals surface area contributed by atoms with Crippen LogP contribution in [0, 0.1) is 17.0 Å². The topological polar surface area (TPSA) is 101 Å². The first-order chi connectivity index (χ1) is 11.1. The molecule has 10 heteroatoms. The van der Waals surface area contributed by atoms with Crippen molar-refractivity contribution in [2.45, 2.75) is 30.7 Å². The minimum atomic E-state index is -4.06. The highest BCUT2D eigenvalue weighted by atomic mass is 35.5. The molecule has 2 rings (SSSR count). The summed E-state index contributed by atoms with van der Waals surface area (Å²) in [6.45, 7) is 1.64. The van der Waals surface area contributed by atoms with Crippen LogP contribution in [0.3, 0.4) is 0 Å². The summed E-state index contributed by atoms with van der Waals surface area (Å²) in [5.74, 6) is -0.316. The summed E-state index contributed by atoms with van der Waals surface area (Å²) in [5.41, 5.74) is -0.168. The highest BCUT2D eigenvalue weighted by Crippen LogP contribution is 2.33. The third-order valence-electron chi connectivity index (χ3n) is 4.02. The first-order valence-corrected chi connectivity index (χ1v) is 9.06. The van der Waals surface area contributed by atoms with Gasteiger partial charge in [-0.25, -0.2) is 8.42 Å². The van der Waals surface area contributed by atoms with Gasteiger partial charge in [0.15, 0.2) is 0 Å². The Morgan fingerprint density at radius 2 is 2.04 bits per heavy atom. The summed E-state index contributed by atoms with van der Waals surface area (Å²) in [6, 6.07) is 1.38. The van der Waals surface area contributed by atoms with Crippen molar-refractivity contribution in [1.29, 1.82) is 0 Å². The largest absolute Gasteiger partial charge is 0.347 e. The Morgan fingerprint density at radius 1 is 1.42 bits per heavy atom. The van der Waals surface area contributed by atoms with Crippen molar-refractivity contribution < 1.29 is 18.1 Å². The van der Waals surface area contributed by atoms with E-state index in [0.29, 0.717) is 12.8 Å². The second-order valence-electron chi connectivity index (χ2n) is 5.81. The highest BCUT2D eigenvalue weighted by Gasteiger charge is 2.40. The number of sulfonamides is 1. The van der Waals surface area contributed by atoms with E-state index in [1.165, 1.54) is 17.9 Å². The second-order valence-corrected chi connectivity index (χ2v) is 8.11. The lowest BCUT2D eigenvalue weighted by Gasteiger charge is -2.25. The molecule has 8 nitrogen and oxygen atoms in total. The lowest BCUT2D eigenvalue weighted by atomic mass is 10.2. The summed E-state index contributed by atoms with van der Waals surface area (Å²) < 4.78 is 26.9. The number of rotatable bonds is 4. The van der Waals surface area contributed by atoms with Crippen LogP contribution in [0.1, 0.15) is 18.4 Å². The number of nitro groups is 1.